The summed E-state index contributed by atoms with van der Waals surface area (Å²) in [6.07, 6.45) is 0.891. The van der Waals surface area contributed by atoms with E-state index in [1.54, 1.807) is 18.2 Å². The van der Waals surface area contributed by atoms with Gasteiger partial charge < -0.3 is 9.42 Å². The van der Waals surface area contributed by atoms with Gasteiger partial charge in [-0.3, -0.25) is 9.69 Å². The minimum Gasteiger partial charge on any atom is -0.361 e. The number of hydrogen-bond donors (Lipinski definition) is 0. The van der Waals surface area contributed by atoms with Gasteiger partial charge >= 0.3 is 0 Å². The van der Waals surface area contributed by atoms with Crippen LogP contribution in [0, 0.1) is 12.7 Å². The molecule has 0 unspecified atom stereocenters. The molecule has 6 heteroatoms. The molecule has 0 saturated carbocycles. The van der Waals surface area contributed by atoms with E-state index in [2.05, 4.69) is 10.1 Å². The summed E-state index contributed by atoms with van der Waals surface area (Å²) in [7, 11) is 0. The molecule has 27 heavy (non-hydrogen) atoms. The zero-order valence-electron chi connectivity index (χ0n) is 15.3. The fraction of sp³-hybridized carbons (Fsp3) is 0.333. The zero-order chi connectivity index (χ0) is 18.8. The molecule has 1 fully saturated rings. The van der Waals surface area contributed by atoms with Gasteiger partial charge in [0.15, 0.2) is 0 Å². The smallest absolute Gasteiger partial charge is 0.254 e. The van der Waals surface area contributed by atoms with Crippen molar-refractivity contribution in [1.29, 1.82) is 0 Å². The van der Waals surface area contributed by atoms with E-state index in [0.29, 0.717) is 29.4 Å². The van der Waals surface area contributed by atoms with Crippen LogP contribution in [0.15, 0.2) is 47.0 Å². The normalized spacial score (nSPS) is 15.9. The lowest BCUT2D eigenvalue weighted by Gasteiger charge is -2.22. The van der Waals surface area contributed by atoms with E-state index in [4.69, 9.17) is 4.52 Å². The van der Waals surface area contributed by atoms with Crippen LogP contribution in [-0.2, 0) is 6.54 Å². The largest absolute Gasteiger partial charge is 0.361 e. The third-order valence-electron chi connectivity index (χ3n) is 5.04. The van der Waals surface area contributed by atoms with Crippen LogP contribution in [-0.4, -0.2) is 47.0 Å². The number of amides is 1. The van der Waals surface area contributed by atoms with E-state index in [9.17, 15) is 9.18 Å². The Morgan fingerprint density at radius 2 is 1.93 bits per heavy atom. The molecule has 0 aliphatic carbocycles. The lowest BCUT2D eigenvalue weighted by molar-refractivity contribution is 0.0763. The summed E-state index contributed by atoms with van der Waals surface area (Å²) in [6, 6.07) is 12.1. The van der Waals surface area contributed by atoms with Gasteiger partial charge in [-0.1, -0.05) is 29.4 Å². The number of aromatic nitrogens is 1. The molecule has 0 bridgehead atoms. The SMILES string of the molecule is Cc1cc(CN2CCCN(C(=O)c3ccc(F)c4ccccc34)CC2)no1. The number of halogens is 1. The summed E-state index contributed by atoms with van der Waals surface area (Å²) in [5.74, 6) is 0.470. The van der Waals surface area contributed by atoms with E-state index < -0.39 is 0 Å². The molecule has 2 heterocycles. The van der Waals surface area contributed by atoms with Crippen LogP contribution in [0.25, 0.3) is 10.8 Å². The highest BCUT2D eigenvalue weighted by Crippen LogP contribution is 2.23. The van der Waals surface area contributed by atoms with Crippen molar-refractivity contribution in [3.8, 4) is 0 Å². The van der Waals surface area contributed by atoms with Gasteiger partial charge in [-0.25, -0.2) is 4.39 Å². The Balaban J connectivity index is 1.49. The first kappa shape index (κ1) is 17.7. The van der Waals surface area contributed by atoms with Gasteiger partial charge in [-0.2, -0.15) is 0 Å². The van der Waals surface area contributed by atoms with Crippen molar-refractivity contribution < 1.29 is 13.7 Å². The summed E-state index contributed by atoms with van der Waals surface area (Å²) in [6.45, 7) is 5.61. The summed E-state index contributed by atoms with van der Waals surface area (Å²) in [4.78, 5) is 17.3. The lowest BCUT2D eigenvalue weighted by Crippen LogP contribution is -2.35. The van der Waals surface area contributed by atoms with Crippen LogP contribution >= 0.6 is 0 Å². The first-order chi connectivity index (χ1) is 13.1. The second-order valence-electron chi connectivity index (χ2n) is 6.99. The Kier molecular flexibility index (Phi) is 4.90. The number of carbonyl (C=O) groups excluding carboxylic acids is 1. The van der Waals surface area contributed by atoms with Gasteiger partial charge in [0.05, 0.1) is 5.69 Å². The summed E-state index contributed by atoms with van der Waals surface area (Å²) < 4.78 is 19.2. The second kappa shape index (κ2) is 7.48. The Hall–Kier alpha value is -2.73. The standard InChI is InChI=1S/C21H22FN3O2/c1-15-13-16(23-27-15)14-24-9-4-10-25(12-11-24)21(26)19-7-8-20(22)18-6-3-2-5-17(18)19/h2-3,5-8,13H,4,9-12,14H2,1H3. The first-order valence-electron chi connectivity index (χ1n) is 9.23. The molecule has 0 atom stereocenters. The highest BCUT2D eigenvalue weighted by molar-refractivity contribution is 6.07. The van der Waals surface area contributed by atoms with Crippen LogP contribution in [0.5, 0.6) is 0 Å². The van der Waals surface area contributed by atoms with E-state index >= 15 is 0 Å². The van der Waals surface area contributed by atoms with Crippen LogP contribution in [0.1, 0.15) is 28.2 Å². The molecule has 1 saturated heterocycles. The third kappa shape index (κ3) is 3.71. The maximum atomic E-state index is 14.1. The van der Waals surface area contributed by atoms with Crippen LogP contribution in [0.3, 0.4) is 0 Å². The highest BCUT2D eigenvalue weighted by atomic mass is 19.1. The number of hydrogen-bond acceptors (Lipinski definition) is 4. The monoisotopic (exact) mass is 367 g/mol. The average Bonchev–Trinajstić information content (AvgIpc) is 2.94. The number of benzene rings is 2. The van der Waals surface area contributed by atoms with E-state index in [-0.39, 0.29) is 11.7 Å². The van der Waals surface area contributed by atoms with Crippen molar-refractivity contribution in [3.05, 3.63) is 65.3 Å². The summed E-state index contributed by atoms with van der Waals surface area (Å²) >= 11 is 0. The topological polar surface area (TPSA) is 49.6 Å². The number of rotatable bonds is 3. The van der Waals surface area contributed by atoms with Gasteiger partial charge in [0.2, 0.25) is 0 Å². The zero-order valence-corrected chi connectivity index (χ0v) is 15.3. The fourth-order valence-electron chi connectivity index (χ4n) is 3.67. The number of fused-ring (bicyclic) bond motifs is 1. The highest BCUT2D eigenvalue weighted by Gasteiger charge is 2.22. The molecular formula is C21H22FN3O2. The molecular weight excluding hydrogens is 345 g/mol. The van der Waals surface area contributed by atoms with E-state index in [0.717, 1.165) is 37.5 Å². The molecule has 1 aliphatic rings. The van der Waals surface area contributed by atoms with Crippen molar-refractivity contribution in [3.63, 3.8) is 0 Å². The molecule has 0 spiro atoms. The van der Waals surface area contributed by atoms with E-state index in [1.807, 2.05) is 30.0 Å². The molecule has 0 N–H and O–H groups in total. The summed E-state index contributed by atoms with van der Waals surface area (Å²) in [5, 5.41) is 5.21. The number of carbonyl (C=O) groups is 1. The molecule has 5 nitrogen and oxygen atoms in total. The number of nitrogens with zero attached hydrogens (tertiary/aromatic N) is 3. The van der Waals surface area contributed by atoms with Crippen LogP contribution in [0.4, 0.5) is 4.39 Å². The second-order valence-corrected chi connectivity index (χ2v) is 6.99. The molecule has 3 aromatic rings. The predicted octanol–water partition coefficient (Wildman–Crippen LogP) is 3.62. The van der Waals surface area contributed by atoms with Crippen LogP contribution < -0.4 is 0 Å². The van der Waals surface area contributed by atoms with Gasteiger partial charge in [-0.05, 0) is 30.9 Å². The Labute approximate surface area is 157 Å². The minimum atomic E-state index is -0.299. The maximum Gasteiger partial charge on any atom is 0.254 e. The molecule has 2 aromatic carbocycles. The molecule has 1 aromatic heterocycles. The quantitative estimate of drug-likeness (QED) is 0.709. The molecule has 1 amide bonds. The molecule has 140 valence electrons. The predicted molar refractivity (Wildman–Crippen MR) is 101 cm³/mol. The third-order valence-corrected chi connectivity index (χ3v) is 5.04. The minimum absolute atomic E-state index is 0.0367. The Bertz CT molecular complexity index is 969. The Morgan fingerprint density at radius 1 is 1.11 bits per heavy atom. The number of aryl methyl sites for hydroxylation is 1. The van der Waals surface area contributed by atoms with Crippen molar-refractivity contribution in [1.82, 2.24) is 15.0 Å². The molecule has 0 radical (unpaired) electrons. The maximum absolute atomic E-state index is 14.1. The average molecular weight is 367 g/mol. The van der Waals surface area contributed by atoms with Gasteiger partial charge in [-0.15, -0.1) is 0 Å². The molecule has 1 aliphatic heterocycles. The first-order valence-corrected chi connectivity index (χ1v) is 9.23. The van der Waals surface area contributed by atoms with Crippen molar-refractivity contribution in [2.24, 2.45) is 0 Å². The van der Waals surface area contributed by atoms with Crippen molar-refractivity contribution in [2.75, 3.05) is 26.2 Å². The van der Waals surface area contributed by atoms with Crippen LogP contribution in [0.2, 0.25) is 0 Å². The van der Waals surface area contributed by atoms with E-state index in [1.165, 1.54) is 6.07 Å². The Morgan fingerprint density at radius 3 is 2.70 bits per heavy atom. The fourth-order valence-corrected chi connectivity index (χ4v) is 3.67. The van der Waals surface area contributed by atoms with Crippen molar-refractivity contribution >= 4 is 16.7 Å². The molecule has 4 rings (SSSR count). The van der Waals surface area contributed by atoms with Gasteiger partial charge in [0, 0.05) is 49.7 Å². The van der Waals surface area contributed by atoms with Gasteiger partial charge in [0.1, 0.15) is 11.6 Å². The van der Waals surface area contributed by atoms with Crippen molar-refractivity contribution in [2.45, 2.75) is 19.9 Å². The summed E-state index contributed by atoms with van der Waals surface area (Å²) in [5.41, 5.74) is 1.48. The van der Waals surface area contributed by atoms with Gasteiger partial charge in [0.25, 0.3) is 5.91 Å². The lowest BCUT2D eigenvalue weighted by atomic mass is 10.0.